The topological polar surface area (TPSA) is 82.5 Å². The Balaban J connectivity index is 2.38. The van der Waals surface area contributed by atoms with E-state index < -0.39 is 5.97 Å². The van der Waals surface area contributed by atoms with Gasteiger partial charge in [0.1, 0.15) is 0 Å². The second-order valence-electron chi connectivity index (χ2n) is 4.46. The Morgan fingerprint density at radius 3 is 2.79 bits per heavy atom. The van der Waals surface area contributed by atoms with Crippen LogP contribution in [0.4, 0.5) is 4.79 Å². The van der Waals surface area contributed by atoms with Gasteiger partial charge in [-0.05, 0) is 25.5 Å². The highest BCUT2D eigenvalue weighted by Crippen LogP contribution is 2.01. The first-order chi connectivity index (χ1) is 8.99. The van der Waals surface area contributed by atoms with Crippen LogP contribution in [-0.2, 0) is 11.3 Å². The van der Waals surface area contributed by atoms with Gasteiger partial charge >= 0.3 is 12.0 Å². The van der Waals surface area contributed by atoms with E-state index in [0.29, 0.717) is 13.0 Å². The van der Waals surface area contributed by atoms with Crippen molar-refractivity contribution in [3.05, 3.63) is 30.1 Å². The molecule has 0 aliphatic rings. The Bertz CT molecular complexity index is 422. The van der Waals surface area contributed by atoms with E-state index in [1.54, 1.807) is 20.2 Å². The predicted octanol–water partition coefficient (Wildman–Crippen LogP) is 1.48. The molecule has 1 unspecified atom stereocenters. The lowest BCUT2D eigenvalue weighted by molar-refractivity contribution is -0.137. The van der Waals surface area contributed by atoms with Crippen LogP contribution in [0.2, 0.25) is 0 Å². The van der Waals surface area contributed by atoms with Crippen LogP contribution in [0.15, 0.2) is 24.4 Å². The molecular formula is C13H19N3O3. The zero-order valence-corrected chi connectivity index (χ0v) is 11.2. The molecule has 0 spiro atoms. The quantitative estimate of drug-likeness (QED) is 0.816. The monoisotopic (exact) mass is 265 g/mol. The van der Waals surface area contributed by atoms with Crippen molar-refractivity contribution in [1.82, 2.24) is 15.2 Å². The van der Waals surface area contributed by atoms with Gasteiger partial charge in [0.25, 0.3) is 0 Å². The number of carbonyl (C=O) groups is 2. The summed E-state index contributed by atoms with van der Waals surface area (Å²) in [6, 6.07) is 5.12. The number of amides is 2. The Hall–Kier alpha value is -2.11. The van der Waals surface area contributed by atoms with Gasteiger partial charge in [-0.1, -0.05) is 6.07 Å². The van der Waals surface area contributed by atoms with Crippen LogP contribution in [0.5, 0.6) is 0 Å². The first-order valence-electron chi connectivity index (χ1n) is 6.12. The molecule has 0 aliphatic heterocycles. The summed E-state index contributed by atoms with van der Waals surface area (Å²) < 4.78 is 0. The summed E-state index contributed by atoms with van der Waals surface area (Å²) in [5.41, 5.74) is 0.804. The minimum Gasteiger partial charge on any atom is -0.481 e. The fourth-order valence-corrected chi connectivity index (χ4v) is 1.54. The van der Waals surface area contributed by atoms with Gasteiger partial charge in [0.05, 0.1) is 12.2 Å². The molecule has 1 aromatic heterocycles. The van der Waals surface area contributed by atoms with Crippen molar-refractivity contribution >= 4 is 12.0 Å². The van der Waals surface area contributed by atoms with Crippen LogP contribution in [0.1, 0.15) is 25.5 Å². The maximum atomic E-state index is 11.8. The van der Waals surface area contributed by atoms with E-state index in [-0.39, 0.29) is 18.5 Å². The highest BCUT2D eigenvalue weighted by Gasteiger charge is 2.13. The summed E-state index contributed by atoms with van der Waals surface area (Å²) in [4.78, 5) is 27.9. The van der Waals surface area contributed by atoms with Gasteiger partial charge in [0, 0.05) is 25.7 Å². The molecule has 0 fully saturated rings. The number of aromatic nitrogens is 1. The van der Waals surface area contributed by atoms with Crippen molar-refractivity contribution in [2.75, 3.05) is 7.05 Å². The zero-order valence-electron chi connectivity index (χ0n) is 11.2. The fourth-order valence-electron chi connectivity index (χ4n) is 1.54. The molecule has 0 bridgehead atoms. The molecule has 2 N–H and O–H groups in total. The summed E-state index contributed by atoms with van der Waals surface area (Å²) in [6.07, 6.45) is 2.14. The largest absolute Gasteiger partial charge is 0.481 e. The third-order valence-electron chi connectivity index (χ3n) is 2.63. The third-order valence-corrected chi connectivity index (χ3v) is 2.63. The summed E-state index contributed by atoms with van der Waals surface area (Å²) in [7, 11) is 1.67. The Kier molecular flexibility index (Phi) is 5.78. The number of nitrogens with one attached hydrogen (secondary N) is 1. The zero-order chi connectivity index (χ0) is 14.3. The van der Waals surface area contributed by atoms with E-state index in [9.17, 15) is 9.59 Å². The van der Waals surface area contributed by atoms with Gasteiger partial charge in [-0.3, -0.25) is 9.78 Å². The maximum Gasteiger partial charge on any atom is 0.317 e. The van der Waals surface area contributed by atoms with Gasteiger partial charge in [-0.15, -0.1) is 0 Å². The lowest BCUT2D eigenvalue weighted by Crippen LogP contribution is -2.41. The first kappa shape index (κ1) is 14.9. The Morgan fingerprint density at radius 1 is 1.47 bits per heavy atom. The number of nitrogens with zero attached hydrogens (tertiary/aromatic N) is 2. The molecular weight excluding hydrogens is 246 g/mol. The molecule has 0 saturated carbocycles. The van der Waals surface area contributed by atoms with Crippen LogP contribution < -0.4 is 5.32 Å². The van der Waals surface area contributed by atoms with Crippen molar-refractivity contribution in [3.8, 4) is 0 Å². The Labute approximate surface area is 112 Å². The van der Waals surface area contributed by atoms with E-state index >= 15 is 0 Å². The van der Waals surface area contributed by atoms with Crippen LogP contribution in [0.3, 0.4) is 0 Å². The number of hydrogen-bond donors (Lipinski definition) is 2. The molecule has 104 valence electrons. The van der Waals surface area contributed by atoms with Gasteiger partial charge in [0.15, 0.2) is 0 Å². The van der Waals surface area contributed by atoms with Crippen LogP contribution in [0.25, 0.3) is 0 Å². The van der Waals surface area contributed by atoms with Crippen molar-refractivity contribution in [2.45, 2.75) is 32.4 Å². The lowest BCUT2D eigenvalue weighted by Gasteiger charge is -2.20. The highest BCUT2D eigenvalue weighted by molar-refractivity contribution is 5.74. The average molecular weight is 265 g/mol. The summed E-state index contributed by atoms with van der Waals surface area (Å²) in [5, 5.41) is 11.3. The number of aliphatic carboxylic acids is 1. The second-order valence-corrected chi connectivity index (χ2v) is 4.46. The van der Waals surface area contributed by atoms with E-state index in [0.717, 1.165) is 5.69 Å². The number of hydrogen-bond acceptors (Lipinski definition) is 3. The highest BCUT2D eigenvalue weighted by atomic mass is 16.4. The number of urea groups is 1. The normalized spacial score (nSPS) is 11.7. The number of carbonyl (C=O) groups excluding carboxylic acids is 1. The van der Waals surface area contributed by atoms with Crippen molar-refractivity contribution in [1.29, 1.82) is 0 Å². The van der Waals surface area contributed by atoms with E-state index in [2.05, 4.69) is 10.3 Å². The molecule has 1 rings (SSSR count). The van der Waals surface area contributed by atoms with E-state index in [4.69, 9.17) is 5.11 Å². The van der Waals surface area contributed by atoms with E-state index in [1.165, 1.54) is 4.90 Å². The molecule has 6 nitrogen and oxygen atoms in total. The first-order valence-corrected chi connectivity index (χ1v) is 6.12. The van der Waals surface area contributed by atoms with Gasteiger partial charge < -0.3 is 15.3 Å². The number of rotatable bonds is 6. The molecule has 0 aromatic carbocycles. The summed E-state index contributed by atoms with van der Waals surface area (Å²) >= 11 is 0. The minimum absolute atomic E-state index is 0.0470. The number of pyridine rings is 1. The molecule has 1 heterocycles. The van der Waals surface area contributed by atoms with Gasteiger partial charge in [0.2, 0.25) is 0 Å². The molecule has 2 amide bonds. The van der Waals surface area contributed by atoms with Crippen LogP contribution in [0, 0.1) is 0 Å². The predicted molar refractivity (Wildman–Crippen MR) is 70.6 cm³/mol. The third kappa shape index (κ3) is 5.85. The second kappa shape index (κ2) is 7.35. The molecule has 1 atom stereocenters. The van der Waals surface area contributed by atoms with Crippen molar-refractivity contribution in [2.24, 2.45) is 0 Å². The smallest absolute Gasteiger partial charge is 0.317 e. The molecule has 0 saturated heterocycles. The average Bonchev–Trinajstić information content (AvgIpc) is 2.37. The van der Waals surface area contributed by atoms with Gasteiger partial charge in [-0.2, -0.15) is 0 Å². The maximum absolute atomic E-state index is 11.8. The molecule has 6 heteroatoms. The number of carboxylic acid groups (broad SMARTS) is 1. The fraction of sp³-hybridized carbons (Fsp3) is 0.462. The van der Waals surface area contributed by atoms with Crippen molar-refractivity contribution in [3.63, 3.8) is 0 Å². The lowest BCUT2D eigenvalue weighted by atomic mass is 10.2. The van der Waals surface area contributed by atoms with Crippen LogP contribution in [-0.4, -0.2) is 40.1 Å². The molecule has 19 heavy (non-hydrogen) atoms. The van der Waals surface area contributed by atoms with Crippen molar-refractivity contribution < 1.29 is 14.7 Å². The molecule has 1 aromatic rings. The minimum atomic E-state index is -0.858. The van der Waals surface area contributed by atoms with E-state index in [1.807, 2.05) is 18.2 Å². The Morgan fingerprint density at radius 2 is 2.21 bits per heavy atom. The summed E-state index contributed by atoms with van der Waals surface area (Å²) in [6.45, 7) is 2.20. The standard InChI is InChI=1S/C13H19N3O3/c1-10(6-7-12(17)18)15-13(19)16(2)9-11-5-3-4-8-14-11/h3-5,8,10H,6-7,9H2,1-2H3,(H,15,19)(H,17,18). The van der Waals surface area contributed by atoms with Gasteiger partial charge in [-0.25, -0.2) is 4.79 Å². The molecule has 0 aliphatic carbocycles. The SMILES string of the molecule is CC(CCC(=O)O)NC(=O)N(C)Cc1ccccn1. The van der Waals surface area contributed by atoms with Crippen LogP contribution >= 0.6 is 0 Å². The summed E-state index contributed by atoms with van der Waals surface area (Å²) in [5.74, 6) is -0.858. The molecule has 0 radical (unpaired) electrons. The number of carboxylic acids is 1.